The van der Waals surface area contributed by atoms with E-state index in [9.17, 15) is 21.6 Å². The van der Waals surface area contributed by atoms with Gasteiger partial charge in [-0.05, 0) is 73.5 Å². The molecule has 0 radical (unpaired) electrons. The van der Waals surface area contributed by atoms with Crippen molar-refractivity contribution in [2.24, 2.45) is 0 Å². The summed E-state index contributed by atoms with van der Waals surface area (Å²) in [6.07, 6.45) is 0.995. The highest BCUT2D eigenvalue weighted by molar-refractivity contribution is 7.92. The van der Waals surface area contributed by atoms with Crippen LogP contribution in [-0.4, -0.2) is 35.5 Å². The largest absolute Gasteiger partial charge is 0.325 e. The third-order valence-electron chi connectivity index (χ3n) is 4.85. The monoisotopic (exact) mass is 521 g/mol. The summed E-state index contributed by atoms with van der Waals surface area (Å²) < 4.78 is 53.2. The minimum atomic E-state index is -3.82. The van der Waals surface area contributed by atoms with Crippen LogP contribution in [0.15, 0.2) is 71.6 Å². The fourth-order valence-corrected chi connectivity index (χ4v) is 5.18. The molecule has 180 valence electrons. The predicted molar refractivity (Wildman–Crippen MR) is 135 cm³/mol. The molecule has 1 amide bonds. The van der Waals surface area contributed by atoms with Crippen LogP contribution in [-0.2, 0) is 24.8 Å². The molecule has 0 aliphatic heterocycles. The molecule has 3 aromatic carbocycles. The zero-order valence-electron chi connectivity index (χ0n) is 18.7. The molecule has 3 rings (SSSR count). The van der Waals surface area contributed by atoms with Crippen LogP contribution in [0.2, 0.25) is 5.02 Å². The standard InChI is InChI=1S/C23H24ClN3O5S2/c1-16-5-4-6-19(13-16)26-34(31,32)21-11-8-18(9-12-21)25-23(28)15-27(33(3,29)30)20-10-7-17(2)22(24)14-20/h4-14,26H,15H2,1-3H3,(H,25,28). The van der Waals surface area contributed by atoms with E-state index in [1.807, 2.05) is 13.0 Å². The summed E-state index contributed by atoms with van der Waals surface area (Å²) in [6.45, 7) is 3.16. The molecule has 0 aliphatic carbocycles. The number of hydrogen-bond acceptors (Lipinski definition) is 5. The van der Waals surface area contributed by atoms with Crippen LogP contribution in [0.3, 0.4) is 0 Å². The van der Waals surface area contributed by atoms with E-state index in [2.05, 4.69) is 10.0 Å². The van der Waals surface area contributed by atoms with Crippen LogP contribution in [0, 0.1) is 13.8 Å². The van der Waals surface area contributed by atoms with Crippen molar-refractivity contribution in [2.75, 3.05) is 27.1 Å². The Kier molecular flexibility index (Phi) is 7.54. The maximum Gasteiger partial charge on any atom is 0.261 e. The number of halogens is 1. The molecule has 0 aliphatic rings. The lowest BCUT2D eigenvalue weighted by Gasteiger charge is -2.22. The lowest BCUT2D eigenvalue weighted by molar-refractivity contribution is -0.114. The normalized spacial score (nSPS) is 11.6. The van der Waals surface area contributed by atoms with Gasteiger partial charge in [0.1, 0.15) is 6.54 Å². The van der Waals surface area contributed by atoms with Crippen molar-refractivity contribution in [3.63, 3.8) is 0 Å². The second kappa shape index (κ2) is 10.0. The van der Waals surface area contributed by atoms with E-state index < -0.39 is 32.5 Å². The Morgan fingerprint density at radius 3 is 2.18 bits per heavy atom. The van der Waals surface area contributed by atoms with Crippen LogP contribution in [0.1, 0.15) is 11.1 Å². The third kappa shape index (κ3) is 6.49. The maximum atomic E-state index is 12.6. The second-order valence-corrected chi connectivity index (χ2v) is 11.7. The van der Waals surface area contributed by atoms with Gasteiger partial charge in [0, 0.05) is 16.4 Å². The average Bonchev–Trinajstić information content (AvgIpc) is 2.73. The summed E-state index contributed by atoms with van der Waals surface area (Å²) in [4.78, 5) is 12.6. The molecule has 34 heavy (non-hydrogen) atoms. The van der Waals surface area contributed by atoms with Gasteiger partial charge in [-0.2, -0.15) is 0 Å². The van der Waals surface area contributed by atoms with Gasteiger partial charge in [0.15, 0.2) is 0 Å². The number of anilines is 3. The van der Waals surface area contributed by atoms with E-state index >= 15 is 0 Å². The van der Waals surface area contributed by atoms with Crippen LogP contribution in [0.4, 0.5) is 17.1 Å². The summed E-state index contributed by atoms with van der Waals surface area (Å²) in [5.74, 6) is -0.601. The molecular weight excluding hydrogens is 498 g/mol. The van der Waals surface area contributed by atoms with Gasteiger partial charge in [0.2, 0.25) is 15.9 Å². The summed E-state index contributed by atoms with van der Waals surface area (Å²) in [5.41, 5.74) is 2.70. The first-order chi connectivity index (χ1) is 15.8. The Morgan fingerprint density at radius 2 is 1.59 bits per heavy atom. The van der Waals surface area contributed by atoms with Crippen molar-refractivity contribution < 1.29 is 21.6 Å². The number of hydrogen-bond donors (Lipinski definition) is 2. The average molecular weight is 522 g/mol. The van der Waals surface area contributed by atoms with E-state index in [-0.39, 0.29) is 10.6 Å². The van der Waals surface area contributed by atoms with Crippen LogP contribution >= 0.6 is 11.6 Å². The number of amides is 1. The number of carbonyl (C=O) groups excluding carboxylic acids is 1. The lowest BCUT2D eigenvalue weighted by atomic mass is 10.2. The van der Waals surface area contributed by atoms with Gasteiger partial charge in [-0.15, -0.1) is 0 Å². The molecule has 0 bridgehead atoms. The third-order valence-corrected chi connectivity index (χ3v) is 7.79. The van der Waals surface area contributed by atoms with E-state index in [1.165, 1.54) is 30.3 Å². The molecule has 0 saturated carbocycles. The van der Waals surface area contributed by atoms with Gasteiger partial charge in [0.05, 0.1) is 16.8 Å². The number of nitrogens with zero attached hydrogens (tertiary/aromatic N) is 1. The number of sulfonamides is 2. The van der Waals surface area contributed by atoms with Crippen LogP contribution in [0.5, 0.6) is 0 Å². The van der Waals surface area contributed by atoms with E-state index in [4.69, 9.17) is 11.6 Å². The molecule has 8 nitrogen and oxygen atoms in total. The first kappa shape index (κ1) is 25.5. The zero-order chi connectivity index (χ0) is 25.1. The first-order valence-corrected chi connectivity index (χ1v) is 13.8. The Bertz CT molecular complexity index is 1420. The van der Waals surface area contributed by atoms with Crippen LogP contribution < -0.4 is 14.3 Å². The minimum absolute atomic E-state index is 0.0130. The van der Waals surface area contributed by atoms with E-state index in [1.54, 1.807) is 37.3 Å². The minimum Gasteiger partial charge on any atom is -0.325 e. The van der Waals surface area contributed by atoms with Gasteiger partial charge >= 0.3 is 0 Å². The van der Waals surface area contributed by atoms with Crippen molar-refractivity contribution >= 4 is 54.6 Å². The van der Waals surface area contributed by atoms with Crippen molar-refractivity contribution in [1.82, 2.24) is 0 Å². The molecule has 2 N–H and O–H groups in total. The predicted octanol–water partition coefficient (Wildman–Crippen LogP) is 4.16. The summed E-state index contributed by atoms with van der Waals surface area (Å²) in [7, 11) is -7.59. The molecule has 0 heterocycles. The highest BCUT2D eigenvalue weighted by Gasteiger charge is 2.22. The molecule has 0 saturated heterocycles. The quantitative estimate of drug-likeness (QED) is 0.462. The molecule has 0 aromatic heterocycles. The van der Waals surface area contributed by atoms with E-state index in [0.717, 1.165) is 21.7 Å². The van der Waals surface area contributed by atoms with Crippen LogP contribution in [0.25, 0.3) is 0 Å². The smallest absolute Gasteiger partial charge is 0.261 e. The molecule has 0 spiro atoms. The summed E-state index contributed by atoms with van der Waals surface area (Å²) in [5, 5.41) is 2.96. The van der Waals surface area contributed by atoms with Crippen molar-refractivity contribution in [3.8, 4) is 0 Å². The number of carbonyl (C=O) groups is 1. The number of nitrogens with one attached hydrogen (secondary N) is 2. The Balaban J connectivity index is 1.72. The number of rotatable bonds is 8. The molecule has 0 fully saturated rings. The fraction of sp³-hybridized carbons (Fsp3) is 0.174. The van der Waals surface area contributed by atoms with Gasteiger partial charge < -0.3 is 5.32 Å². The molecular formula is C23H24ClN3O5S2. The summed E-state index contributed by atoms with van der Waals surface area (Å²) in [6, 6.07) is 17.2. The van der Waals surface area contributed by atoms with E-state index in [0.29, 0.717) is 16.4 Å². The number of benzene rings is 3. The van der Waals surface area contributed by atoms with Gasteiger partial charge in [-0.3, -0.25) is 13.8 Å². The van der Waals surface area contributed by atoms with Crippen molar-refractivity contribution in [1.29, 1.82) is 0 Å². The molecule has 0 atom stereocenters. The topological polar surface area (TPSA) is 113 Å². The molecule has 0 unspecified atom stereocenters. The SMILES string of the molecule is Cc1cccc(NS(=O)(=O)c2ccc(NC(=O)CN(c3ccc(C)c(Cl)c3)S(C)(=O)=O)cc2)c1. The highest BCUT2D eigenvalue weighted by Crippen LogP contribution is 2.25. The van der Waals surface area contributed by atoms with Crippen molar-refractivity contribution in [3.05, 3.63) is 82.9 Å². The first-order valence-electron chi connectivity index (χ1n) is 10.1. The number of aryl methyl sites for hydroxylation is 2. The molecule has 11 heteroatoms. The van der Waals surface area contributed by atoms with Gasteiger partial charge in [-0.25, -0.2) is 16.8 Å². The summed E-state index contributed by atoms with van der Waals surface area (Å²) >= 11 is 6.11. The highest BCUT2D eigenvalue weighted by atomic mass is 35.5. The van der Waals surface area contributed by atoms with Gasteiger partial charge in [0.25, 0.3) is 10.0 Å². The Labute approximate surface area is 204 Å². The Hall–Kier alpha value is -3.08. The molecule has 3 aromatic rings. The van der Waals surface area contributed by atoms with Crippen molar-refractivity contribution in [2.45, 2.75) is 18.7 Å². The second-order valence-electron chi connectivity index (χ2n) is 7.75. The fourth-order valence-electron chi connectivity index (χ4n) is 3.11. The zero-order valence-corrected chi connectivity index (χ0v) is 21.1. The maximum absolute atomic E-state index is 12.6. The van der Waals surface area contributed by atoms with Gasteiger partial charge in [-0.1, -0.05) is 29.8 Å². The Morgan fingerprint density at radius 1 is 0.912 bits per heavy atom. The lowest BCUT2D eigenvalue weighted by Crippen LogP contribution is -2.37.